The van der Waals surface area contributed by atoms with Crippen molar-refractivity contribution in [3.8, 4) is 17.3 Å². The minimum atomic E-state index is -0.125. The Morgan fingerprint density at radius 2 is 1.96 bits per heavy atom. The van der Waals surface area contributed by atoms with E-state index in [1.54, 1.807) is 21.7 Å². The molecule has 3 aromatic rings. The molecule has 2 aromatic heterocycles. The van der Waals surface area contributed by atoms with Crippen LogP contribution in [0.2, 0.25) is 0 Å². The quantitative estimate of drug-likeness (QED) is 0.700. The average molecular weight is 339 g/mol. The van der Waals surface area contributed by atoms with Crippen LogP contribution in [-0.4, -0.2) is 43.1 Å². The summed E-state index contributed by atoms with van der Waals surface area (Å²) in [6.45, 7) is 1.49. The summed E-state index contributed by atoms with van der Waals surface area (Å²) in [6, 6.07) is 5.52. The highest BCUT2D eigenvalue weighted by Gasteiger charge is 2.28. The van der Waals surface area contributed by atoms with Crippen molar-refractivity contribution in [2.45, 2.75) is 12.8 Å². The van der Waals surface area contributed by atoms with E-state index in [0.717, 1.165) is 37.0 Å². The van der Waals surface area contributed by atoms with Gasteiger partial charge < -0.3 is 24.9 Å². The number of fused-ring (bicyclic) bond motifs is 1. The summed E-state index contributed by atoms with van der Waals surface area (Å²) >= 11 is 0. The van der Waals surface area contributed by atoms with Crippen LogP contribution in [-0.2, 0) is 14.1 Å². The number of nitrogens with two attached hydrogens (primary N) is 1. The van der Waals surface area contributed by atoms with Gasteiger partial charge in [0, 0.05) is 39.1 Å². The van der Waals surface area contributed by atoms with Crippen LogP contribution in [0.25, 0.3) is 22.6 Å². The highest BCUT2D eigenvalue weighted by molar-refractivity contribution is 5.99. The van der Waals surface area contributed by atoms with Gasteiger partial charge in [0.15, 0.2) is 11.6 Å². The van der Waals surface area contributed by atoms with Crippen molar-refractivity contribution in [1.29, 1.82) is 0 Å². The van der Waals surface area contributed by atoms with Crippen molar-refractivity contribution in [3.05, 3.63) is 30.0 Å². The third-order valence-electron chi connectivity index (χ3n) is 4.90. The number of carbonyl (C=O) groups is 1. The van der Waals surface area contributed by atoms with Gasteiger partial charge in [-0.05, 0) is 31.0 Å². The van der Waals surface area contributed by atoms with Crippen LogP contribution in [0.15, 0.2) is 24.4 Å². The lowest BCUT2D eigenvalue weighted by Crippen LogP contribution is -2.27. The molecule has 0 saturated carbocycles. The van der Waals surface area contributed by atoms with E-state index in [0.29, 0.717) is 22.8 Å². The van der Waals surface area contributed by atoms with Crippen LogP contribution in [0.3, 0.4) is 0 Å². The van der Waals surface area contributed by atoms with E-state index in [9.17, 15) is 9.90 Å². The van der Waals surface area contributed by atoms with Gasteiger partial charge in [0.25, 0.3) is 5.91 Å². The van der Waals surface area contributed by atoms with E-state index in [-0.39, 0.29) is 11.7 Å². The molecule has 0 unspecified atom stereocenters. The summed E-state index contributed by atoms with van der Waals surface area (Å²) in [5.41, 5.74) is 9.00. The Labute approximate surface area is 145 Å². The number of rotatable bonds is 2. The zero-order valence-corrected chi connectivity index (χ0v) is 14.4. The predicted molar refractivity (Wildman–Crippen MR) is 96.3 cm³/mol. The van der Waals surface area contributed by atoms with Crippen LogP contribution in [0.4, 0.5) is 5.69 Å². The Morgan fingerprint density at radius 1 is 1.24 bits per heavy atom. The summed E-state index contributed by atoms with van der Waals surface area (Å²) < 4.78 is 3.65. The van der Waals surface area contributed by atoms with Crippen LogP contribution in [0.5, 0.6) is 5.75 Å². The van der Waals surface area contributed by atoms with Gasteiger partial charge in [-0.3, -0.25) is 4.79 Å². The van der Waals surface area contributed by atoms with Gasteiger partial charge in [0.2, 0.25) is 0 Å². The third kappa shape index (κ3) is 2.34. The van der Waals surface area contributed by atoms with Gasteiger partial charge in [-0.2, -0.15) is 0 Å². The number of amides is 1. The highest BCUT2D eigenvalue weighted by Crippen LogP contribution is 2.35. The molecular formula is C18H21N5O2. The fraction of sp³-hybridized carbons (Fsp3) is 0.333. The summed E-state index contributed by atoms with van der Waals surface area (Å²) in [6.07, 6.45) is 3.70. The normalized spacial score (nSPS) is 14.6. The first-order valence-corrected chi connectivity index (χ1v) is 8.37. The van der Waals surface area contributed by atoms with Crippen LogP contribution in [0.1, 0.15) is 23.2 Å². The molecule has 7 nitrogen and oxygen atoms in total. The number of hydrogen-bond acceptors (Lipinski definition) is 4. The van der Waals surface area contributed by atoms with Crippen molar-refractivity contribution >= 4 is 22.6 Å². The second kappa shape index (κ2) is 5.54. The second-order valence-electron chi connectivity index (χ2n) is 6.59. The maximum absolute atomic E-state index is 12.7. The number of aryl methyl sites for hydroxylation is 2. The van der Waals surface area contributed by atoms with Crippen LogP contribution in [0, 0.1) is 0 Å². The van der Waals surface area contributed by atoms with E-state index in [1.165, 1.54) is 0 Å². The predicted octanol–water partition coefficient (Wildman–Crippen LogP) is 2.10. The summed E-state index contributed by atoms with van der Waals surface area (Å²) in [5, 5.41) is 10.8. The van der Waals surface area contributed by atoms with Crippen molar-refractivity contribution in [1.82, 2.24) is 19.0 Å². The topological polar surface area (TPSA) is 89.3 Å². The molecule has 1 fully saturated rings. The number of aromatic nitrogens is 3. The molecule has 130 valence electrons. The first-order chi connectivity index (χ1) is 12.0. The van der Waals surface area contributed by atoms with Gasteiger partial charge in [-0.15, -0.1) is 0 Å². The molecule has 3 heterocycles. The molecular weight excluding hydrogens is 318 g/mol. The third-order valence-corrected chi connectivity index (χ3v) is 4.90. The number of nitrogen functional groups attached to an aromatic ring is 1. The lowest BCUT2D eigenvalue weighted by Gasteiger charge is -2.14. The molecule has 1 aliphatic heterocycles. The number of benzene rings is 1. The second-order valence-corrected chi connectivity index (χ2v) is 6.59. The average Bonchev–Trinajstić information content (AvgIpc) is 3.27. The van der Waals surface area contributed by atoms with E-state index in [4.69, 9.17) is 5.73 Å². The molecule has 0 bridgehead atoms. The zero-order valence-electron chi connectivity index (χ0n) is 14.4. The van der Waals surface area contributed by atoms with Crippen LogP contribution >= 0.6 is 0 Å². The fourth-order valence-electron chi connectivity index (χ4n) is 3.55. The number of imidazole rings is 1. The largest absolute Gasteiger partial charge is 0.505 e. The monoisotopic (exact) mass is 339 g/mol. The standard InChI is InChI=1S/C18H21N5O2/c1-21-10-12(18(25)23-7-3-4-8-23)16(24)15(21)17-20-13-9-11(19)5-6-14(13)22(17)2/h5-6,9-10,24H,3-4,7-8,19H2,1-2H3. The Bertz CT molecular complexity index is 979. The highest BCUT2D eigenvalue weighted by atomic mass is 16.3. The molecule has 4 rings (SSSR count). The van der Waals surface area contributed by atoms with Gasteiger partial charge in [-0.1, -0.05) is 0 Å². The number of anilines is 1. The van der Waals surface area contributed by atoms with Crippen LogP contribution < -0.4 is 5.73 Å². The summed E-state index contributed by atoms with van der Waals surface area (Å²) in [7, 11) is 3.69. The molecule has 1 aromatic carbocycles. The first kappa shape index (κ1) is 15.6. The van der Waals surface area contributed by atoms with Gasteiger partial charge in [0.05, 0.1) is 16.6 Å². The maximum atomic E-state index is 12.7. The molecule has 0 radical (unpaired) electrons. The summed E-state index contributed by atoms with van der Waals surface area (Å²) in [5.74, 6) is 0.451. The Hall–Kier alpha value is -2.96. The molecule has 1 aliphatic rings. The van der Waals surface area contributed by atoms with Crippen molar-refractivity contribution in [2.24, 2.45) is 14.1 Å². The number of likely N-dealkylation sites (tertiary alicyclic amines) is 1. The van der Waals surface area contributed by atoms with E-state index in [1.807, 2.05) is 30.8 Å². The molecule has 0 atom stereocenters. The lowest BCUT2D eigenvalue weighted by molar-refractivity contribution is 0.0790. The van der Waals surface area contributed by atoms with E-state index < -0.39 is 0 Å². The van der Waals surface area contributed by atoms with Crippen molar-refractivity contribution in [3.63, 3.8) is 0 Å². The lowest BCUT2D eigenvalue weighted by atomic mass is 10.2. The minimum Gasteiger partial charge on any atom is -0.505 e. The minimum absolute atomic E-state index is 0.0224. The van der Waals surface area contributed by atoms with Gasteiger partial charge >= 0.3 is 0 Å². The number of hydrogen-bond donors (Lipinski definition) is 2. The smallest absolute Gasteiger partial charge is 0.259 e. The molecule has 3 N–H and O–H groups in total. The van der Waals surface area contributed by atoms with Crippen molar-refractivity contribution < 1.29 is 9.90 Å². The number of carbonyl (C=O) groups excluding carboxylic acids is 1. The Balaban J connectivity index is 1.84. The van der Waals surface area contributed by atoms with E-state index >= 15 is 0 Å². The van der Waals surface area contributed by atoms with Crippen molar-refractivity contribution in [2.75, 3.05) is 18.8 Å². The SMILES string of the molecule is Cn1cc(C(=O)N2CCCC2)c(O)c1-c1nc2cc(N)ccc2n1C. The molecule has 1 amide bonds. The zero-order chi connectivity index (χ0) is 17.7. The molecule has 1 saturated heterocycles. The maximum Gasteiger partial charge on any atom is 0.259 e. The Morgan fingerprint density at radius 3 is 2.68 bits per heavy atom. The number of nitrogens with zero attached hydrogens (tertiary/aromatic N) is 4. The molecule has 7 heteroatoms. The van der Waals surface area contributed by atoms with E-state index in [2.05, 4.69) is 4.98 Å². The number of aromatic hydroxyl groups is 1. The first-order valence-electron chi connectivity index (χ1n) is 8.37. The fourth-order valence-corrected chi connectivity index (χ4v) is 3.55. The van der Waals surface area contributed by atoms with Gasteiger partial charge in [-0.25, -0.2) is 4.98 Å². The summed E-state index contributed by atoms with van der Waals surface area (Å²) in [4.78, 5) is 19.1. The van der Waals surface area contributed by atoms with Gasteiger partial charge in [0.1, 0.15) is 5.69 Å². The molecule has 0 spiro atoms. The molecule has 25 heavy (non-hydrogen) atoms. The molecule has 0 aliphatic carbocycles. The Kier molecular flexibility index (Phi) is 3.45.